The van der Waals surface area contributed by atoms with Crippen molar-refractivity contribution in [2.24, 2.45) is 0 Å². The van der Waals surface area contributed by atoms with Gasteiger partial charge in [0.15, 0.2) is 0 Å². The van der Waals surface area contributed by atoms with Crippen LogP contribution in [0.2, 0.25) is 5.02 Å². The van der Waals surface area contributed by atoms with E-state index in [9.17, 15) is 21.6 Å². The Morgan fingerprint density at radius 1 is 1.16 bits per heavy atom. The van der Waals surface area contributed by atoms with Gasteiger partial charge < -0.3 is 5.73 Å². The van der Waals surface area contributed by atoms with Crippen molar-refractivity contribution in [1.29, 1.82) is 0 Å². The molecule has 4 nitrogen and oxygen atoms in total. The number of rotatable bonds is 4. The van der Waals surface area contributed by atoms with Gasteiger partial charge in [0.05, 0.1) is 16.8 Å². The number of nitrogens with two attached hydrogens (primary N) is 1. The molecular formula is C16H16ClF3N2O2S. The van der Waals surface area contributed by atoms with Crippen molar-refractivity contribution in [3.05, 3.63) is 52.5 Å². The van der Waals surface area contributed by atoms with Gasteiger partial charge in [-0.2, -0.15) is 13.2 Å². The Morgan fingerprint density at radius 3 is 2.20 bits per heavy atom. The molecule has 25 heavy (non-hydrogen) atoms. The van der Waals surface area contributed by atoms with Gasteiger partial charge in [0.25, 0.3) is 0 Å². The van der Waals surface area contributed by atoms with Crippen molar-refractivity contribution in [2.75, 3.05) is 12.0 Å². The van der Waals surface area contributed by atoms with Crippen molar-refractivity contribution >= 4 is 27.3 Å². The highest BCUT2D eigenvalue weighted by Crippen LogP contribution is 2.42. The van der Waals surface area contributed by atoms with Crippen molar-refractivity contribution in [1.82, 2.24) is 4.72 Å². The standard InChI is InChI=1S/C16H16ClF3N2O2S/c1-9(22-25(2,23)24)10-3-5-11(6-4-10)15-13(16(18,19)20)7-12(21)8-14(15)17/h3-9,22H,21H2,1-2H3. The molecule has 0 aliphatic rings. The van der Waals surface area contributed by atoms with Gasteiger partial charge in [0, 0.05) is 17.3 Å². The molecule has 0 fully saturated rings. The topological polar surface area (TPSA) is 72.2 Å². The lowest BCUT2D eigenvalue weighted by Crippen LogP contribution is -2.25. The molecule has 136 valence electrons. The van der Waals surface area contributed by atoms with Gasteiger partial charge in [-0.3, -0.25) is 0 Å². The minimum Gasteiger partial charge on any atom is -0.399 e. The second-order valence-electron chi connectivity index (χ2n) is 5.66. The molecule has 0 saturated heterocycles. The second kappa shape index (κ2) is 6.86. The maximum atomic E-state index is 13.3. The van der Waals surface area contributed by atoms with Crippen LogP contribution in [0.4, 0.5) is 18.9 Å². The van der Waals surface area contributed by atoms with Crippen molar-refractivity contribution in [2.45, 2.75) is 19.1 Å². The van der Waals surface area contributed by atoms with Gasteiger partial charge in [-0.1, -0.05) is 35.9 Å². The summed E-state index contributed by atoms with van der Waals surface area (Å²) in [5.74, 6) is 0. The number of hydrogen-bond acceptors (Lipinski definition) is 3. The lowest BCUT2D eigenvalue weighted by molar-refractivity contribution is -0.137. The Labute approximate surface area is 148 Å². The fourth-order valence-corrected chi connectivity index (χ4v) is 3.59. The maximum Gasteiger partial charge on any atom is 0.417 e. The largest absolute Gasteiger partial charge is 0.417 e. The first-order valence-electron chi connectivity index (χ1n) is 7.12. The summed E-state index contributed by atoms with van der Waals surface area (Å²) in [4.78, 5) is 0. The zero-order valence-corrected chi connectivity index (χ0v) is 14.9. The average molecular weight is 393 g/mol. The first-order chi connectivity index (χ1) is 11.4. The molecule has 1 atom stereocenters. The van der Waals surface area contributed by atoms with Crippen LogP contribution >= 0.6 is 11.6 Å². The zero-order chi connectivity index (χ0) is 19.0. The van der Waals surface area contributed by atoms with Crippen molar-refractivity contribution < 1.29 is 21.6 Å². The van der Waals surface area contributed by atoms with Crippen LogP contribution in [0.15, 0.2) is 36.4 Å². The van der Waals surface area contributed by atoms with E-state index in [4.69, 9.17) is 17.3 Å². The lowest BCUT2D eigenvalue weighted by Gasteiger charge is -2.17. The van der Waals surface area contributed by atoms with E-state index in [2.05, 4.69) is 4.72 Å². The summed E-state index contributed by atoms with van der Waals surface area (Å²) in [5.41, 5.74) is 5.17. The van der Waals surface area contributed by atoms with Gasteiger partial charge in [0.1, 0.15) is 0 Å². The van der Waals surface area contributed by atoms with Crippen LogP contribution in [0.5, 0.6) is 0 Å². The molecule has 1 unspecified atom stereocenters. The van der Waals surface area contributed by atoms with E-state index in [-0.39, 0.29) is 21.8 Å². The third-order valence-electron chi connectivity index (χ3n) is 3.51. The average Bonchev–Trinajstić information content (AvgIpc) is 2.44. The molecule has 0 aromatic heterocycles. The first-order valence-corrected chi connectivity index (χ1v) is 9.39. The molecule has 0 spiro atoms. The number of nitrogen functional groups attached to an aromatic ring is 1. The minimum absolute atomic E-state index is 0.0799. The third kappa shape index (κ3) is 4.87. The van der Waals surface area contributed by atoms with E-state index in [1.807, 2.05) is 0 Å². The highest BCUT2D eigenvalue weighted by atomic mass is 35.5. The van der Waals surface area contributed by atoms with Crippen LogP contribution in [0.3, 0.4) is 0 Å². The van der Waals surface area contributed by atoms with E-state index in [0.29, 0.717) is 5.56 Å². The highest BCUT2D eigenvalue weighted by Gasteiger charge is 2.35. The smallest absolute Gasteiger partial charge is 0.399 e. The summed E-state index contributed by atoms with van der Waals surface area (Å²) in [6, 6.07) is 7.59. The van der Waals surface area contributed by atoms with Crippen LogP contribution in [0.25, 0.3) is 11.1 Å². The summed E-state index contributed by atoms with van der Waals surface area (Å²) >= 11 is 5.99. The molecule has 0 aliphatic carbocycles. The summed E-state index contributed by atoms with van der Waals surface area (Å²) in [6.07, 6.45) is -3.58. The normalized spacial score (nSPS) is 13.7. The summed E-state index contributed by atoms with van der Waals surface area (Å²) in [5, 5.41) is -0.109. The number of benzene rings is 2. The Kier molecular flexibility index (Phi) is 5.36. The van der Waals surface area contributed by atoms with E-state index in [0.717, 1.165) is 12.3 Å². The quantitative estimate of drug-likeness (QED) is 0.765. The number of sulfonamides is 1. The number of halogens is 4. The summed E-state index contributed by atoms with van der Waals surface area (Å²) in [6.45, 7) is 1.63. The van der Waals surface area contributed by atoms with Gasteiger partial charge in [0.2, 0.25) is 10.0 Å². The fraction of sp³-hybridized carbons (Fsp3) is 0.250. The highest BCUT2D eigenvalue weighted by molar-refractivity contribution is 7.88. The molecule has 0 bridgehead atoms. The fourth-order valence-electron chi connectivity index (χ4n) is 2.47. The summed E-state index contributed by atoms with van der Waals surface area (Å²) < 4.78 is 64.8. The van der Waals surface area contributed by atoms with Crippen LogP contribution in [0, 0.1) is 0 Å². The molecule has 3 N–H and O–H groups in total. The molecule has 0 amide bonds. The van der Waals surface area contributed by atoms with Crippen molar-refractivity contribution in [3.63, 3.8) is 0 Å². The molecule has 2 aromatic rings. The van der Waals surface area contributed by atoms with Gasteiger partial charge in [-0.05, 0) is 30.2 Å². The lowest BCUT2D eigenvalue weighted by atomic mass is 9.96. The number of hydrogen-bond donors (Lipinski definition) is 2. The van der Waals surface area contributed by atoms with Crippen LogP contribution in [0.1, 0.15) is 24.1 Å². The molecule has 0 saturated carbocycles. The van der Waals surface area contributed by atoms with E-state index >= 15 is 0 Å². The number of alkyl halides is 3. The van der Waals surface area contributed by atoms with Crippen LogP contribution < -0.4 is 10.5 Å². The monoisotopic (exact) mass is 392 g/mol. The zero-order valence-electron chi connectivity index (χ0n) is 13.4. The van der Waals surface area contributed by atoms with Gasteiger partial charge in [-0.15, -0.1) is 0 Å². The predicted octanol–water partition coefficient (Wildman–Crippen LogP) is 4.22. The molecule has 0 aliphatic heterocycles. The Morgan fingerprint density at radius 2 is 1.72 bits per heavy atom. The summed E-state index contributed by atoms with van der Waals surface area (Å²) in [7, 11) is -3.41. The number of nitrogens with one attached hydrogen (secondary N) is 1. The van der Waals surface area contributed by atoms with E-state index in [1.165, 1.54) is 18.2 Å². The first kappa shape index (κ1) is 19.6. The number of anilines is 1. The van der Waals surface area contributed by atoms with Crippen LogP contribution in [-0.4, -0.2) is 14.7 Å². The third-order valence-corrected chi connectivity index (χ3v) is 4.59. The Bertz CT molecular complexity index is 881. The molecular weight excluding hydrogens is 377 g/mol. The van der Waals surface area contributed by atoms with Gasteiger partial charge >= 0.3 is 6.18 Å². The second-order valence-corrected chi connectivity index (χ2v) is 7.84. The predicted molar refractivity (Wildman–Crippen MR) is 92.7 cm³/mol. The molecule has 0 radical (unpaired) electrons. The van der Waals surface area contributed by atoms with Gasteiger partial charge in [-0.25, -0.2) is 13.1 Å². The molecule has 2 rings (SSSR count). The molecule has 9 heteroatoms. The SMILES string of the molecule is CC(NS(C)(=O)=O)c1ccc(-c2c(Cl)cc(N)cc2C(F)(F)F)cc1. The maximum absolute atomic E-state index is 13.3. The van der Waals surface area contributed by atoms with E-state index in [1.54, 1.807) is 19.1 Å². The Hall–Kier alpha value is -1.77. The minimum atomic E-state index is -4.61. The van der Waals surface area contributed by atoms with E-state index < -0.39 is 27.8 Å². The Balaban J connectivity index is 2.47. The molecule has 0 heterocycles. The van der Waals surface area contributed by atoms with Crippen LogP contribution in [-0.2, 0) is 16.2 Å². The van der Waals surface area contributed by atoms with Crippen molar-refractivity contribution in [3.8, 4) is 11.1 Å². The molecule has 2 aromatic carbocycles.